The molecular formula is C23H16ClN3O2. The summed E-state index contributed by atoms with van der Waals surface area (Å²) in [5.41, 5.74) is 3.01. The standard InChI is InChI=1S/C23H16ClN3O2/c24-16-11-12-18-19(13-16)27-23(29)22(15-7-3-1-4-8-15)26-20(18)14-21(28)25-17-9-5-2-6-10-17/h1-14H,(H,25,28)(H,27,29)/b20-14-. The van der Waals surface area contributed by atoms with Crippen LogP contribution in [-0.4, -0.2) is 17.5 Å². The van der Waals surface area contributed by atoms with Crippen molar-refractivity contribution in [2.75, 3.05) is 10.6 Å². The van der Waals surface area contributed by atoms with E-state index in [0.717, 1.165) is 0 Å². The lowest BCUT2D eigenvalue weighted by Crippen LogP contribution is -2.22. The number of nitrogens with zero attached hydrogens (tertiary/aromatic N) is 1. The third-order valence-corrected chi connectivity index (χ3v) is 4.54. The first kappa shape index (κ1) is 18.7. The molecule has 0 radical (unpaired) electrons. The third-order valence-electron chi connectivity index (χ3n) is 4.31. The number of rotatable bonds is 3. The van der Waals surface area contributed by atoms with Crippen molar-refractivity contribution in [3.8, 4) is 0 Å². The second-order valence-electron chi connectivity index (χ2n) is 6.36. The topological polar surface area (TPSA) is 70.6 Å². The van der Waals surface area contributed by atoms with E-state index in [2.05, 4.69) is 15.6 Å². The number of nitrogens with one attached hydrogen (secondary N) is 2. The van der Waals surface area contributed by atoms with Crippen LogP contribution in [0.2, 0.25) is 5.02 Å². The van der Waals surface area contributed by atoms with Crippen LogP contribution in [0.1, 0.15) is 11.1 Å². The molecule has 0 atom stereocenters. The summed E-state index contributed by atoms with van der Waals surface area (Å²) in [5.74, 6) is -0.718. The quantitative estimate of drug-likeness (QED) is 0.621. The van der Waals surface area contributed by atoms with Crippen molar-refractivity contribution >= 4 is 46.2 Å². The molecule has 142 valence electrons. The van der Waals surface area contributed by atoms with Crippen molar-refractivity contribution in [1.29, 1.82) is 0 Å². The Morgan fingerprint density at radius 3 is 2.38 bits per heavy atom. The Hall–Kier alpha value is -3.70. The van der Waals surface area contributed by atoms with Gasteiger partial charge in [-0.2, -0.15) is 0 Å². The molecule has 0 bridgehead atoms. The Balaban J connectivity index is 1.79. The predicted octanol–water partition coefficient (Wildman–Crippen LogP) is 4.76. The number of fused-ring (bicyclic) bond motifs is 1. The van der Waals surface area contributed by atoms with Gasteiger partial charge in [0.2, 0.25) is 0 Å². The highest BCUT2D eigenvalue weighted by Crippen LogP contribution is 2.31. The molecule has 1 aliphatic heterocycles. The summed E-state index contributed by atoms with van der Waals surface area (Å²) in [5, 5.41) is 6.11. The van der Waals surface area contributed by atoms with Gasteiger partial charge in [-0.1, -0.05) is 60.1 Å². The fraction of sp³-hybridized carbons (Fsp3) is 0. The lowest BCUT2D eigenvalue weighted by Gasteiger charge is -2.08. The van der Waals surface area contributed by atoms with Gasteiger partial charge in [0, 0.05) is 27.9 Å². The summed E-state index contributed by atoms with van der Waals surface area (Å²) in [6, 6.07) is 23.3. The van der Waals surface area contributed by atoms with Crippen molar-refractivity contribution in [3.63, 3.8) is 0 Å². The molecule has 3 aromatic rings. The number of benzene rings is 3. The number of hydrogen-bond acceptors (Lipinski definition) is 3. The van der Waals surface area contributed by atoms with Gasteiger partial charge in [0.25, 0.3) is 11.8 Å². The third kappa shape index (κ3) is 4.25. The molecule has 0 saturated heterocycles. The minimum atomic E-state index is -0.369. The Morgan fingerprint density at radius 2 is 1.66 bits per heavy atom. The predicted molar refractivity (Wildman–Crippen MR) is 116 cm³/mol. The van der Waals surface area contributed by atoms with Gasteiger partial charge >= 0.3 is 0 Å². The number of aliphatic imine (C=N–C) groups is 1. The zero-order chi connectivity index (χ0) is 20.2. The van der Waals surface area contributed by atoms with E-state index in [0.29, 0.717) is 33.2 Å². The molecule has 29 heavy (non-hydrogen) atoms. The van der Waals surface area contributed by atoms with E-state index in [1.807, 2.05) is 36.4 Å². The first-order chi connectivity index (χ1) is 14.1. The highest BCUT2D eigenvalue weighted by Gasteiger charge is 2.22. The summed E-state index contributed by atoms with van der Waals surface area (Å²) in [6.45, 7) is 0. The summed E-state index contributed by atoms with van der Waals surface area (Å²) >= 11 is 6.10. The molecule has 0 spiro atoms. The van der Waals surface area contributed by atoms with Gasteiger partial charge in [-0.05, 0) is 30.3 Å². The molecule has 0 aliphatic carbocycles. The number of anilines is 2. The van der Waals surface area contributed by atoms with Crippen LogP contribution in [-0.2, 0) is 9.59 Å². The van der Waals surface area contributed by atoms with Gasteiger partial charge in [-0.3, -0.25) is 9.59 Å². The molecule has 6 heteroatoms. The lowest BCUT2D eigenvalue weighted by molar-refractivity contribution is -0.112. The fourth-order valence-corrected chi connectivity index (χ4v) is 3.15. The largest absolute Gasteiger partial charge is 0.322 e. The van der Waals surface area contributed by atoms with E-state index in [4.69, 9.17) is 11.6 Å². The van der Waals surface area contributed by atoms with Crippen LogP contribution >= 0.6 is 11.6 Å². The number of hydrogen-bond donors (Lipinski definition) is 2. The summed E-state index contributed by atoms with van der Waals surface area (Å²) in [4.78, 5) is 29.9. The first-order valence-corrected chi connectivity index (χ1v) is 9.31. The van der Waals surface area contributed by atoms with Gasteiger partial charge in [0.1, 0.15) is 5.71 Å². The summed E-state index contributed by atoms with van der Waals surface area (Å²) < 4.78 is 0. The molecule has 2 amide bonds. The van der Waals surface area contributed by atoms with E-state index in [1.54, 1.807) is 42.5 Å². The second kappa shape index (κ2) is 8.12. The van der Waals surface area contributed by atoms with Crippen molar-refractivity contribution in [3.05, 3.63) is 101 Å². The molecule has 0 saturated carbocycles. The highest BCUT2D eigenvalue weighted by molar-refractivity contribution is 6.50. The van der Waals surface area contributed by atoms with Crippen LogP contribution in [0.5, 0.6) is 0 Å². The number of halogens is 1. The Labute approximate surface area is 172 Å². The SMILES string of the molecule is O=C(/C=C1\N=C(c2ccccc2)C(=O)Nc2cc(Cl)ccc21)Nc1ccccc1. The molecule has 0 fully saturated rings. The normalized spacial score (nSPS) is 14.4. The van der Waals surface area contributed by atoms with Gasteiger partial charge in [-0.15, -0.1) is 0 Å². The van der Waals surface area contributed by atoms with Crippen LogP contribution in [0.3, 0.4) is 0 Å². The molecule has 1 aliphatic rings. The molecule has 2 N–H and O–H groups in total. The van der Waals surface area contributed by atoms with E-state index < -0.39 is 0 Å². The zero-order valence-corrected chi connectivity index (χ0v) is 16.0. The smallest absolute Gasteiger partial charge is 0.274 e. The molecule has 4 rings (SSSR count). The molecule has 3 aromatic carbocycles. The molecule has 1 heterocycles. The maximum absolute atomic E-state index is 12.8. The number of carbonyl (C=O) groups is 2. The Morgan fingerprint density at radius 1 is 0.966 bits per heavy atom. The highest BCUT2D eigenvalue weighted by atomic mass is 35.5. The second-order valence-corrected chi connectivity index (χ2v) is 6.79. The minimum absolute atomic E-state index is 0.219. The van der Waals surface area contributed by atoms with Gasteiger partial charge in [0.15, 0.2) is 0 Å². The van der Waals surface area contributed by atoms with Crippen molar-refractivity contribution in [2.24, 2.45) is 4.99 Å². The van der Waals surface area contributed by atoms with Crippen molar-refractivity contribution < 1.29 is 9.59 Å². The number of para-hydroxylation sites is 1. The molecule has 5 nitrogen and oxygen atoms in total. The van der Waals surface area contributed by atoms with E-state index >= 15 is 0 Å². The molecular weight excluding hydrogens is 386 g/mol. The number of amides is 2. The van der Waals surface area contributed by atoms with Crippen LogP contribution in [0, 0.1) is 0 Å². The Kier molecular flexibility index (Phi) is 5.22. The van der Waals surface area contributed by atoms with Crippen LogP contribution < -0.4 is 10.6 Å². The van der Waals surface area contributed by atoms with Crippen molar-refractivity contribution in [2.45, 2.75) is 0 Å². The van der Waals surface area contributed by atoms with Crippen LogP contribution in [0.25, 0.3) is 5.70 Å². The van der Waals surface area contributed by atoms with E-state index in [1.165, 1.54) is 6.08 Å². The minimum Gasteiger partial charge on any atom is -0.322 e. The average Bonchev–Trinajstić information content (AvgIpc) is 2.85. The fourth-order valence-electron chi connectivity index (χ4n) is 2.98. The average molecular weight is 402 g/mol. The van der Waals surface area contributed by atoms with E-state index in [-0.39, 0.29) is 17.5 Å². The van der Waals surface area contributed by atoms with Crippen LogP contribution in [0.4, 0.5) is 11.4 Å². The maximum atomic E-state index is 12.8. The Bertz CT molecular complexity index is 1140. The molecule has 0 unspecified atom stereocenters. The van der Waals surface area contributed by atoms with Gasteiger partial charge in [-0.25, -0.2) is 4.99 Å². The van der Waals surface area contributed by atoms with Crippen molar-refractivity contribution in [1.82, 2.24) is 0 Å². The van der Waals surface area contributed by atoms with Crippen LogP contribution in [0.15, 0.2) is 89.9 Å². The number of carbonyl (C=O) groups excluding carboxylic acids is 2. The zero-order valence-electron chi connectivity index (χ0n) is 15.2. The van der Waals surface area contributed by atoms with Gasteiger partial charge < -0.3 is 10.6 Å². The van der Waals surface area contributed by atoms with Gasteiger partial charge in [0.05, 0.1) is 11.4 Å². The van der Waals surface area contributed by atoms with E-state index in [9.17, 15) is 9.59 Å². The summed E-state index contributed by atoms with van der Waals surface area (Å²) in [7, 11) is 0. The maximum Gasteiger partial charge on any atom is 0.274 e. The first-order valence-electron chi connectivity index (χ1n) is 8.93. The lowest BCUT2D eigenvalue weighted by atomic mass is 10.1. The molecule has 0 aromatic heterocycles. The summed E-state index contributed by atoms with van der Waals surface area (Å²) in [6.07, 6.45) is 1.38. The monoisotopic (exact) mass is 401 g/mol.